The maximum Gasteiger partial charge on any atom is 0.382 e. The number of carbonyl (C=O) groups excluding carboxylic acids is 3. The molecule has 1 aliphatic rings. The minimum atomic E-state index is -0.832. The molecule has 1 aromatic heterocycles. The predicted molar refractivity (Wildman–Crippen MR) is 58.4 cm³/mol. The maximum absolute atomic E-state index is 11.6. The Kier molecular flexibility index (Phi) is 3.19. The lowest BCUT2D eigenvalue weighted by atomic mass is 10.4. The summed E-state index contributed by atoms with van der Waals surface area (Å²) in [5.41, 5.74) is 0.0284. The first-order chi connectivity index (χ1) is 8.08. The van der Waals surface area contributed by atoms with Gasteiger partial charge in [0.1, 0.15) is 0 Å². The maximum atomic E-state index is 11.6. The molecule has 0 saturated carbocycles. The van der Waals surface area contributed by atoms with E-state index in [4.69, 9.17) is 0 Å². The van der Waals surface area contributed by atoms with Crippen molar-refractivity contribution in [2.75, 3.05) is 0 Å². The smallest absolute Gasteiger partial charge is 0.323 e. The van der Waals surface area contributed by atoms with Crippen LogP contribution in [0.15, 0.2) is 22.8 Å². The number of nitrogens with zero attached hydrogens (tertiary/aromatic N) is 2. The summed E-state index contributed by atoms with van der Waals surface area (Å²) in [6.45, 7) is 0. The van der Waals surface area contributed by atoms with Crippen LogP contribution >= 0.6 is 15.9 Å². The molecule has 17 heavy (non-hydrogen) atoms. The van der Waals surface area contributed by atoms with E-state index < -0.39 is 17.8 Å². The Hall–Kier alpha value is -1.76. The third kappa shape index (κ3) is 2.50. The lowest BCUT2D eigenvalue weighted by molar-refractivity contribution is -0.172. The topological polar surface area (TPSA) is 76.6 Å². The van der Waals surface area contributed by atoms with Gasteiger partial charge in [0.2, 0.25) is 0 Å². The van der Waals surface area contributed by atoms with Crippen molar-refractivity contribution < 1.29 is 19.2 Å². The first-order valence-electron chi connectivity index (χ1n) is 4.77. The molecular weight excluding hydrogens is 292 g/mol. The summed E-state index contributed by atoms with van der Waals surface area (Å²) in [6.07, 6.45) is 1.56. The second-order valence-electron chi connectivity index (χ2n) is 3.32. The van der Waals surface area contributed by atoms with E-state index in [1.165, 1.54) is 12.3 Å². The van der Waals surface area contributed by atoms with Crippen molar-refractivity contribution in [3.63, 3.8) is 0 Å². The zero-order chi connectivity index (χ0) is 12.4. The van der Waals surface area contributed by atoms with Crippen LogP contribution in [-0.2, 0) is 14.4 Å². The van der Waals surface area contributed by atoms with Gasteiger partial charge in [-0.25, -0.2) is 9.78 Å². The van der Waals surface area contributed by atoms with Crippen LogP contribution in [0.5, 0.6) is 0 Å². The average molecular weight is 299 g/mol. The van der Waals surface area contributed by atoms with Crippen LogP contribution in [0, 0.1) is 0 Å². The third-order valence-corrected chi connectivity index (χ3v) is 2.59. The molecule has 0 aromatic carbocycles. The molecule has 2 heterocycles. The molecule has 0 unspecified atom stereocenters. The summed E-state index contributed by atoms with van der Waals surface area (Å²) in [5.74, 6) is -1.86. The molecule has 1 aromatic rings. The van der Waals surface area contributed by atoms with Crippen molar-refractivity contribution in [2.24, 2.45) is 0 Å². The van der Waals surface area contributed by atoms with E-state index >= 15 is 0 Å². The summed E-state index contributed by atoms with van der Waals surface area (Å²) in [6, 6.07) is 3.04. The number of carbonyl (C=O) groups is 3. The number of aromatic nitrogens is 1. The van der Waals surface area contributed by atoms with Gasteiger partial charge in [-0.2, -0.15) is 0 Å². The molecule has 6 nitrogen and oxygen atoms in total. The SMILES string of the molecule is O=C(ON1C(=O)CCC1=O)c1ccc(Br)cn1. The van der Waals surface area contributed by atoms with Crippen LogP contribution in [0.3, 0.4) is 0 Å². The number of pyridine rings is 1. The van der Waals surface area contributed by atoms with Gasteiger partial charge in [-0.05, 0) is 28.1 Å². The Morgan fingerprint density at radius 3 is 2.47 bits per heavy atom. The fourth-order valence-corrected chi connectivity index (χ4v) is 1.52. The van der Waals surface area contributed by atoms with E-state index in [1.54, 1.807) is 6.07 Å². The van der Waals surface area contributed by atoms with E-state index in [-0.39, 0.29) is 18.5 Å². The van der Waals surface area contributed by atoms with Crippen LogP contribution in [0.1, 0.15) is 23.3 Å². The molecule has 1 fully saturated rings. The van der Waals surface area contributed by atoms with E-state index in [1.807, 2.05) is 0 Å². The Balaban J connectivity index is 2.09. The first kappa shape index (κ1) is 11.7. The van der Waals surface area contributed by atoms with Gasteiger partial charge in [-0.15, -0.1) is 5.06 Å². The molecular formula is C10H7BrN2O4. The second kappa shape index (κ2) is 4.62. The van der Waals surface area contributed by atoms with Gasteiger partial charge >= 0.3 is 5.97 Å². The average Bonchev–Trinajstić information content (AvgIpc) is 2.61. The van der Waals surface area contributed by atoms with E-state index in [0.29, 0.717) is 9.54 Å². The fourth-order valence-electron chi connectivity index (χ4n) is 1.28. The molecule has 0 radical (unpaired) electrons. The highest BCUT2D eigenvalue weighted by molar-refractivity contribution is 9.10. The Bertz CT molecular complexity index is 470. The van der Waals surface area contributed by atoms with Gasteiger partial charge in [-0.1, -0.05) is 0 Å². The van der Waals surface area contributed by atoms with Crippen molar-refractivity contribution in [1.82, 2.24) is 10.0 Å². The van der Waals surface area contributed by atoms with Crippen molar-refractivity contribution in [1.29, 1.82) is 0 Å². The van der Waals surface area contributed by atoms with Crippen LogP contribution in [0.4, 0.5) is 0 Å². The number of hydroxylamine groups is 2. The van der Waals surface area contributed by atoms with Crippen molar-refractivity contribution in [3.8, 4) is 0 Å². The van der Waals surface area contributed by atoms with E-state index in [9.17, 15) is 14.4 Å². The highest BCUT2D eigenvalue weighted by Crippen LogP contribution is 2.14. The third-order valence-electron chi connectivity index (χ3n) is 2.12. The first-order valence-corrected chi connectivity index (χ1v) is 5.57. The van der Waals surface area contributed by atoms with Gasteiger partial charge in [-0.3, -0.25) is 9.59 Å². The molecule has 0 atom stereocenters. The summed E-state index contributed by atoms with van der Waals surface area (Å²) < 4.78 is 0.711. The van der Waals surface area contributed by atoms with Crippen LogP contribution < -0.4 is 0 Å². The quantitative estimate of drug-likeness (QED) is 0.763. The van der Waals surface area contributed by atoms with Gasteiger partial charge in [0, 0.05) is 23.5 Å². The highest BCUT2D eigenvalue weighted by Gasteiger charge is 2.33. The molecule has 0 aliphatic carbocycles. The minimum absolute atomic E-state index is 0.0284. The summed E-state index contributed by atoms with van der Waals surface area (Å²) in [4.78, 5) is 42.4. The predicted octanol–water partition coefficient (Wildman–Crippen LogP) is 1.06. The molecule has 0 N–H and O–H groups in total. The zero-order valence-corrected chi connectivity index (χ0v) is 10.1. The van der Waals surface area contributed by atoms with Gasteiger partial charge in [0.25, 0.3) is 11.8 Å². The molecule has 2 amide bonds. The van der Waals surface area contributed by atoms with Gasteiger partial charge in [0.15, 0.2) is 5.69 Å². The van der Waals surface area contributed by atoms with Crippen LogP contribution in [-0.4, -0.2) is 27.8 Å². The van der Waals surface area contributed by atoms with Crippen molar-refractivity contribution in [3.05, 3.63) is 28.5 Å². The molecule has 7 heteroatoms. The second-order valence-corrected chi connectivity index (χ2v) is 4.24. The highest BCUT2D eigenvalue weighted by atomic mass is 79.9. The number of hydrogen-bond donors (Lipinski definition) is 0. The van der Waals surface area contributed by atoms with Gasteiger partial charge < -0.3 is 4.84 Å². The number of amides is 2. The minimum Gasteiger partial charge on any atom is -0.323 e. The summed E-state index contributed by atoms with van der Waals surface area (Å²) >= 11 is 3.17. The molecule has 2 rings (SSSR count). The molecule has 0 bridgehead atoms. The number of rotatable bonds is 2. The number of halogens is 1. The summed E-state index contributed by atoms with van der Waals surface area (Å²) in [5, 5.41) is 0.492. The lowest BCUT2D eigenvalue weighted by Crippen LogP contribution is -2.32. The standard InChI is InChI=1S/C10H7BrN2O4/c11-6-1-2-7(12-5-6)10(16)17-13-8(14)3-4-9(13)15/h1-2,5H,3-4H2. The normalized spacial score (nSPS) is 15.2. The van der Waals surface area contributed by atoms with E-state index in [2.05, 4.69) is 25.8 Å². The van der Waals surface area contributed by atoms with E-state index in [0.717, 1.165) is 0 Å². The molecule has 0 spiro atoms. The van der Waals surface area contributed by atoms with Crippen molar-refractivity contribution >= 4 is 33.7 Å². The Labute approximate surface area is 105 Å². The van der Waals surface area contributed by atoms with Crippen LogP contribution in [0.25, 0.3) is 0 Å². The fraction of sp³-hybridized carbons (Fsp3) is 0.200. The van der Waals surface area contributed by atoms with Crippen molar-refractivity contribution in [2.45, 2.75) is 12.8 Å². The van der Waals surface area contributed by atoms with Crippen LogP contribution in [0.2, 0.25) is 0 Å². The molecule has 1 saturated heterocycles. The van der Waals surface area contributed by atoms with Gasteiger partial charge in [0.05, 0.1) is 0 Å². The molecule has 88 valence electrons. The zero-order valence-electron chi connectivity index (χ0n) is 8.55. The largest absolute Gasteiger partial charge is 0.382 e. The summed E-state index contributed by atoms with van der Waals surface area (Å²) in [7, 11) is 0. The Morgan fingerprint density at radius 2 is 1.94 bits per heavy atom. The monoisotopic (exact) mass is 298 g/mol. The number of hydrogen-bond acceptors (Lipinski definition) is 5. The Morgan fingerprint density at radius 1 is 1.29 bits per heavy atom. The molecule has 1 aliphatic heterocycles. The number of imide groups is 1. The lowest BCUT2D eigenvalue weighted by Gasteiger charge is -2.11.